The molecule has 3 rings (SSSR count). The summed E-state index contributed by atoms with van der Waals surface area (Å²) in [6, 6.07) is 5.81. The number of piperazine rings is 1. The molecule has 1 amide bonds. The van der Waals surface area contributed by atoms with Gasteiger partial charge in [0.25, 0.3) is 0 Å². The van der Waals surface area contributed by atoms with E-state index in [-0.39, 0.29) is 25.1 Å². The van der Waals surface area contributed by atoms with E-state index in [9.17, 15) is 4.79 Å². The van der Waals surface area contributed by atoms with E-state index in [0.717, 1.165) is 31.1 Å². The molecule has 7 heteroatoms. The van der Waals surface area contributed by atoms with Crippen molar-refractivity contribution >= 4 is 24.0 Å². The van der Waals surface area contributed by atoms with Crippen molar-refractivity contribution in [3.05, 3.63) is 18.2 Å². The lowest BCUT2D eigenvalue weighted by atomic mass is 10.2. The molecule has 0 aliphatic carbocycles. The number of hydrogen-bond donors (Lipinski definition) is 2. The lowest BCUT2D eigenvalue weighted by molar-refractivity contribution is -0.118. The molecule has 1 aromatic rings. The minimum absolute atomic E-state index is 0. The van der Waals surface area contributed by atoms with Crippen LogP contribution in [0.25, 0.3) is 0 Å². The zero-order chi connectivity index (χ0) is 13.9. The molecule has 116 valence electrons. The lowest BCUT2D eigenvalue weighted by Gasteiger charge is -2.33. The molecule has 1 atom stereocenters. The van der Waals surface area contributed by atoms with Crippen molar-refractivity contribution in [1.29, 1.82) is 0 Å². The molecular formula is C14H20ClN3O3. The first-order valence-electron chi connectivity index (χ1n) is 6.86. The van der Waals surface area contributed by atoms with E-state index in [1.54, 1.807) is 6.07 Å². The predicted octanol–water partition coefficient (Wildman–Crippen LogP) is 1.07. The molecule has 0 aromatic heterocycles. The summed E-state index contributed by atoms with van der Waals surface area (Å²) >= 11 is 0. The van der Waals surface area contributed by atoms with Crippen molar-refractivity contribution < 1.29 is 14.3 Å². The van der Waals surface area contributed by atoms with Crippen molar-refractivity contribution in [2.24, 2.45) is 0 Å². The molecule has 1 fully saturated rings. The summed E-state index contributed by atoms with van der Waals surface area (Å²) in [6.07, 6.45) is 0. The Balaban J connectivity index is 0.00000161. The number of amides is 1. The second-order valence-corrected chi connectivity index (χ2v) is 5.14. The van der Waals surface area contributed by atoms with E-state index >= 15 is 0 Å². The Morgan fingerprint density at radius 3 is 3.05 bits per heavy atom. The quantitative estimate of drug-likeness (QED) is 0.874. The summed E-state index contributed by atoms with van der Waals surface area (Å²) < 4.78 is 10.5. The number of carbonyl (C=O) groups excluding carboxylic acids is 1. The average Bonchev–Trinajstić information content (AvgIpc) is 2.89. The summed E-state index contributed by atoms with van der Waals surface area (Å²) in [5.74, 6) is 1.40. The summed E-state index contributed by atoms with van der Waals surface area (Å²) in [4.78, 5) is 14.3. The van der Waals surface area contributed by atoms with Crippen molar-refractivity contribution in [3.8, 4) is 11.5 Å². The van der Waals surface area contributed by atoms with Gasteiger partial charge in [0.2, 0.25) is 12.7 Å². The monoisotopic (exact) mass is 313 g/mol. The summed E-state index contributed by atoms with van der Waals surface area (Å²) in [5.41, 5.74) is 0.738. The van der Waals surface area contributed by atoms with Crippen molar-refractivity contribution in [2.75, 3.05) is 38.3 Å². The van der Waals surface area contributed by atoms with E-state index in [2.05, 4.69) is 22.5 Å². The van der Waals surface area contributed by atoms with Crippen molar-refractivity contribution in [2.45, 2.75) is 13.0 Å². The second-order valence-electron chi connectivity index (χ2n) is 5.14. The van der Waals surface area contributed by atoms with Crippen LogP contribution < -0.4 is 20.1 Å². The van der Waals surface area contributed by atoms with Crippen molar-refractivity contribution in [3.63, 3.8) is 0 Å². The molecule has 0 saturated carbocycles. The highest BCUT2D eigenvalue weighted by Gasteiger charge is 2.20. The Morgan fingerprint density at radius 2 is 2.24 bits per heavy atom. The van der Waals surface area contributed by atoms with E-state index in [0.29, 0.717) is 18.3 Å². The Hall–Kier alpha value is -1.50. The summed E-state index contributed by atoms with van der Waals surface area (Å²) in [6.45, 7) is 5.54. The fraction of sp³-hybridized carbons (Fsp3) is 0.500. The van der Waals surface area contributed by atoms with Crippen LogP contribution in [-0.2, 0) is 4.79 Å². The van der Waals surface area contributed by atoms with Gasteiger partial charge in [-0.3, -0.25) is 9.69 Å². The molecule has 2 aliphatic rings. The number of anilines is 1. The molecule has 0 radical (unpaired) electrons. The van der Waals surface area contributed by atoms with E-state index < -0.39 is 0 Å². The van der Waals surface area contributed by atoms with Gasteiger partial charge >= 0.3 is 0 Å². The SMILES string of the molecule is CC1CNCCN1CC(=O)Nc1ccc2c(c1)OCO2.Cl. The fourth-order valence-electron chi connectivity index (χ4n) is 2.48. The number of carbonyl (C=O) groups is 1. The van der Waals surface area contributed by atoms with Crippen LogP contribution in [0.3, 0.4) is 0 Å². The van der Waals surface area contributed by atoms with Gasteiger partial charge < -0.3 is 20.1 Å². The number of benzene rings is 1. The van der Waals surface area contributed by atoms with Gasteiger partial charge in [-0.05, 0) is 19.1 Å². The first-order chi connectivity index (χ1) is 9.72. The predicted molar refractivity (Wildman–Crippen MR) is 82.3 cm³/mol. The van der Waals surface area contributed by atoms with Crippen LogP contribution >= 0.6 is 12.4 Å². The van der Waals surface area contributed by atoms with Crippen LogP contribution in [0, 0.1) is 0 Å². The minimum Gasteiger partial charge on any atom is -0.454 e. The maximum atomic E-state index is 12.1. The minimum atomic E-state index is -0.00221. The number of nitrogens with one attached hydrogen (secondary N) is 2. The Bertz CT molecular complexity index is 512. The van der Waals surface area contributed by atoms with E-state index in [1.165, 1.54) is 0 Å². The maximum absolute atomic E-state index is 12.1. The Morgan fingerprint density at radius 1 is 1.43 bits per heavy atom. The van der Waals surface area contributed by atoms with Gasteiger partial charge in [-0.15, -0.1) is 12.4 Å². The van der Waals surface area contributed by atoms with Crippen LogP contribution in [0.4, 0.5) is 5.69 Å². The molecule has 2 heterocycles. The molecule has 21 heavy (non-hydrogen) atoms. The van der Waals surface area contributed by atoms with Gasteiger partial charge in [-0.1, -0.05) is 0 Å². The Kier molecular flexibility index (Phi) is 5.27. The third kappa shape index (κ3) is 3.78. The first-order valence-corrected chi connectivity index (χ1v) is 6.86. The van der Waals surface area contributed by atoms with Gasteiger partial charge in [0, 0.05) is 37.4 Å². The third-order valence-corrected chi connectivity index (χ3v) is 3.64. The number of hydrogen-bond acceptors (Lipinski definition) is 5. The van der Waals surface area contributed by atoms with Crippen molar-refractivity contribution in [1.82, 2.24) is 10.2 Å². The summed E-state index contributed by atoms with van der Waals surface area (Å²) in [5, 5.41) is 6.21. The van der Waals surface area contributed by atoms with E-state index in [4.69, 9.17) is 9.47 Å². The molecule has 2 N–H and O–H groups in total. The largest absolute Gasteiger partial charge is 0.454 e. The van der Waals surface area contributed by atoms with Gasteiger partial charge in [0.05, 0.1) is 6.54 Å². The molecule has 6 nitrogen and oxygen atoms in total. The zero-order valence-electron chi connectivity index (χ0n) is 11.9. The molecule has 0 bridgehead atoms. The summed E-state index contributed by atoms with van der Waals surface area (Å²) in [7, 11) is 0. The molecular weight excluding hydrogens is 294 g/mol. The normalized spacial score (nSPS) is 20.7. The highest BCUT2D eigenvalue weighted by Crippen LogP contribution is 2.34. The van der Waals surface area contributed by atoms with Crippen LogP contribution in [0.15, 0.2) is 18.2 Å². The highest BCUT2D eigenvalue weighted by atomic mass is 35.5. The zero-order valence-corrected chi connectivity index (χ0v) is 12.7. The first kappa shape index (κ1) is 15.9. The van der Waals surface area contributed by atoms with Gasteiger partial charge in [-0.25, -0.2) is 0 Å². The smallest absolute Gasteiger partial charge is 0.238 e. The average molecular weight is 314 g/mol. The highest BCUT2D eigenvalue weighted by molar-refractivity contribution is 5.92. The maximum Gasteiger partial charge on any atom is 0.238 e. The Labute approximate surface area is 130 Å². The fourth-order valence-corrected chi connectivity index (χ4v) is 2.48. The third-order valence-electron chi connectivity index (χ3n) is 3.64. The standard InChI is InChI=1S/C14H19N3O3.ClH/c1-10-7-15-4-5-17(10)8-14(18)16-11-2-3-12-13(6-11)20-9-19-12;/h2-3,6,10,15H,4-5,7-9H2,1H3,(H,16,18);1H. The molecule has 1 aromatic carbocycles. The van der Waals surface area contributed by atoms with Crippen LogP contribution in [-0.4, -0.2) is 49.8 Å². The number of nitrogens with zero attached hydrogens (tertiary/aromatic N) is 1. The molecule has 1 unspecified atom stereocenters. The molecule has 0 spiro atoms. The van der Waals surface area contributed by atoms with Gasteiger partial charge in [0.15, 0.2) is 11.5 Å². The molecule has 1 saturated heterocycles. The lowest BCUT2D eigenvalue weighted by Crippen LogP contribution is -2.51. The topological polar surface area (TPSA) is 62.8 Å². The number of rotatable bonds is 3. The van der Waals surface area contributed by atoms with Crippen LogP contribution in [0.1, 0.15) is 6.92 Å². The van der Waals surface area contributed by atoms with Gasteiger partial charge in [0.1, 0.15) is 0 Å². The number of halogens is 1. The van der Waals surface area contributed by atoms with Gasteiger partial charge in [-0.2, -0.15) is 0 Å². The van der Waals surface area contributed by atoms with E-state index in [1.807, 2.05) is 12.1 Å². The second kappa shape index (κ2) is 6.98. The van der Waals surface area contributed by atoms with Crippen LogP contribution in [0.5, 0.6) is 11.5 Å². The number of fused-ring (bicyclic) bond motifs is 1. The number of ether oxygens (including phenoxy) is 2. The molecule has 2 aliphatic heterocycles. The van der Waals surface area contributed by atoms with Crippen LogP contribution in [0.2, 0.25) is 0 Å².